The lowest BCUT2D eigenvalue weighted by molar-refractivity contribution is 0.110. The number of rotatable bonds is 2. The average Bonchev–Trinajstić information content (AvgIpc) is 2.63. The SMILES string of the molecule is Cc1ccc(CO)c2cc(C=O)oc12. The van der Waals surface area contributed by atoms with Crippen LogP contribution in [-0.2, 0) is 6.61 Å². The van der Waals surface area contributed by atoms with Gasteiger partial charge in [-0.2, -0.15) is 0 Å². The lowest BCUT2D eigenvalue weighted by atomic mass is 10.1. The van der Waals surface area contributed by atoms with Crippen LogP contribution in [0.15, 0.2) is 22.6 Å². The van der Waals surface area contributed by atoms with Gasteiger partial charge in [-0.15, -0.1) is 0 Å². The number of aldehydes is 1. The smallest absolute Gasteiger partial charge is 0.185 e. The second-order valence-corrected chi connectivity index (χ2v) is 3.21. The van der Waals surface area contributed by atoms with E-state index in [0.29, 0.717) is 17.6 Å². The molecule has 0 atom stereocenters. The summed E-state index contributed by atoms with van der Waals surface area (Å²) in [6, 6.07) is 5.36. The first-order valence-corrected chi connectivity index (χ1v) is 4.34. The fourth-order valence-corrected chi connectivity index (χ4v) is 1.53. The maximum Gasteiger partial charge on any atom is 0.185 e. The number of furan rings is 1. The summed E-state index contributed by atoms with van der Waals surface area (Å²) in [5, 5.41) is 9.89. The van der Waals surface area contributed by atoms with Gasteiger partial charge >= 0.3 is 0 Å². The Labute approximate surface area is 81.0 Å². The fraction of sp³-hybridized carbons (Fsp3) is 0.182. The van der Waals surface area contributed by atoms with Gasteiger partial charge in [-0.1, -0.05) is 12.1 Å². The Balaban J connectivity index is 2.81. The molecule has 0 aliphatic carbocycles. The number of benzene rings is 1. The number of aliphatic hydroxyl groups excluding tert-OH is 1. The topological polar surface area (TPSA) is 50.4 Å². The quantitative estimate of drug-likeness (QED) is 0.737. The first kappa shape index (κ1) is 8.97. The van der Waals surface area contributed by atoms with Gasteiger partial charge in [0.15, 0.2) is 12.0 Å². The number of hydrogen-bond donors (Lipinski definition) is 1. The van der Waals surface area contributed by atoms with Crippen LogP contribution in [-0.4, -0.2) is 11.4 Å². The Kier molecular flexibility index (Phi) is 2.09. The van der Waals surface area contributed by atoms with Gasteiger partial charge in [0.1, 0.15) is 5.58 Å². The number of fused-ring (bicyclic) bond motifs is 1. The summed E-state index contributed by atoms with van der Waals surface area (Å²) in [5.41, 5.74) is 2.42. The molecule has 0 fully saturated rings. The van der Waals surface area contributed by atoms with Gasteiger partial charge in [-0.05, 0) is 24.1 Å². The Morgan fingerprint density at radius 1 is 1.50 bits per heavy atom. The zero-order chi connectivity index (χ0) is 10.1. The molecular formula is C11H10O3. The molecule has 2 aromatic rings. The third kappa shape index (κ3) is 1.22. The molecule has 2 rings (SSSR count). The molecular weight excluding hydrogens is 180 g/mol. The van der Waals surface area contributed by atoms with Crippen LogP contribution < -0.4 is 0 Å². The van der Waals surface area contributed by atoms with E-state index < -0.39 is 0 Å². The van der Waals surface area contributed by atoms with Crippen molar-refractivity contribution in [2.24, 2.45) is 0 Å². The molecule has 0 saturated carbocycles. The van der Waals surface area contributed by atoms with E-state index in [-0.39, 0.29) is 6.61 Å². The summed E-state index contributed by atoms with van der Waals surface area (Å²) in [6.45, 7) is 1.86. The molecule has 3 heteroatoms. The van der Waals surface area contributed by atoms with Crippen molar-refractivity contribution in [1.82, 2.24) is 0 Å². The van der Waals surface area contributed by atoms with Gasteiger partial charge in [-0.25, -0.2) is 0 Å². The second-order valence-electron chi connectivity index (χ2n) is 3.21. The zero-order valence-corrected chi connectivity index (χ0v) is 7.78. The third-order valence-corrected chi connectivity index (χ3v) is 2.28. The highest BCUT2D eigenvalue weighted by molar-refractivity contribution is 5.89. The van der Waals surface area contributed by atoms with Crippen LogP contribution in [0.3, 0.4) is 0 Å². The predicted molar refractivity (Wildman–Crippen MR) is 52.3 cm³/mol. The first-order valence-electron chi connectivity index (χ1n) is 4.34. The maximum absolute atomic E-state index is 10.5. The Morgan fingerprint density at radius 2 is 2.29 bits per heavy atom. The summed E-state index contributed by atoms with van der Waals surface area (Å²) in [4.78, 5) is 10.5. The summed E-state index contributed by atoms with van der Waals surface area (Å²) in [7, 11) is 0. The molecule has 0 aliphatic heterocycles. The molecule has 0 radical (unpaired) electrons. The minimum Gasteiger partial charge on any atom is -0.453 e. The molecule has 1 aromatic carbocycles. The molecule has 0 amide bonds. The van der Waals surface area contributed by atoms with Crippen LogP contribution in [0, 0.1) is 6.92 Å². The molecule has 0 saturated heterocycles. The normalized spacial score (nSPS) is 10.7. The van der Waals surface area contributed by atoms with Crippen LogP contribution in [0.1, 0.15) is 21.7 Å². The van der Waals surface area contributed by atoms with Crippen molar-refractivity contribution in [3.63, 3.8) is 0 Å². The third-order valence-electron chi connectivity index (χ3n) is 2.28. The van der Waals surface area contributed by atoms with Crippen molar-refractivity contribution >= 4 is 17.3 Å². The molecule has 0 aliphatic rings. The van der Waals surface area contributed by atoms with Gasteiger partial charge in [0, 0.05) is 5.39 Å². The number of carbonyl (C=O) groups excluding carboxylic acids is 1. The number of carbonyl (C=O) groups is 1. The molecule has 0 unspecified atom stereocenters. The number of aliphatic hydroxyl groups is 1. The van der Waals surface area contributed by atoms with Gasteiger partial charge in [0.2, 0.25) is 0 Å². The van der Waals surface area contributed by atoms with E-state index in [9.17, 15) is 4.79 Å². The number of hydrogen-bond acceptors (Lipinski definition) is 3. The van der Waals surface area contributed by atoms with E-state index in [4.69, 9.17) is 9.52 Å². The highest BCUT2D eigenvalue weighted by Crippen LogP contribution is 2.25. The van der Waals surface area contributed by atoms with Crippen LogP contribution in [0.2, 0.25) is 0 Å². The monoisotopic (exact) mass is 190 g/mol. The van der Waals surface area contributed by atoms with Crippen molar-refractivity contribution in [2.75, 3.05) is 0 Å². The largest absolute Gasteiger partial charge is 0.453 e. The van der Waals surface area contributed by atoms with E-state index in [0.717, 1.165) is 16.5 Å². The van der Waals surface area contributed by atoms with Crippen LogP contribution in [0.25, 0.3) is 11.0 Å². The minimum atomic E-state index is -0.0470. The van der Waals surface area contributed by atoms with Crippen LogP contribution in [0.5, 0.6) is 0 Å². The van der Waals surface area contributed by atoms with E-state index in [1.165, 1.54) is 0 Å². The lowest BCUT2D eigenvalue weighted by Gasteiger charge is -1.99. The van der Waals surface area contributed by atoms with Gasteiger partial charge in [-0.3, -0.25) is 4.79 Å². The Hall–Kier alpha value is -1.61. The number of aryl methyl sites for hydroxylation is 1. The van der Waals surface area contributed by atoms with Crippen LogP contribution in [0.4, 0.5) is 0 Å². The van der Waals surface area contributed by atoms with E-state index in [1.54, 1.807) is 6.07 Å². The second kappa shape index (κ2) is 3.27. The van der Waals surface area contributed by atoms with Crippen molar-refractivity contribution in [3.05, 3.63) is 35.1 Å². The van der Waals surface area contributed by atoms with Crippen molar-refractivity contribution < 1.29 is 14.3 Å². The highest BCUT2D eigenvalue weighted by Gasteiger charge is 2.08. The van der Waals surface area contributed by atoms with Gasteiger partial charge in [0.25, 0.3) is 0 Å². The summed E-state index contributed by atoms with van der Waals surface area (Å²) in [5.74, 6) is 0.295. The van der Waals surface area contributed by atoms with Gasteiger partial charge < -0.3 is 9.52 Å². The van der Waals surface area contributed by atoms with E-state index in [1.807, 2.05) is 19.1 Å². The van der Waals surface area contributed by atoms with Crippen LogP contribution >= 0.6 is 0 Å². The lowest BCUT2D eigenvalue weighted by Crippen LogP contribution is -1.84. The summed E-state index contributed by atoms with van der Waals surface area (Å²) >= 11 is 0. The summed E-state index contributed by atoms with van der Waals surface area (Å²) < 4.78 is 5.31. The molecule has 3 nitrogen and oxygen atoms in total. The Bertz CT molecular complexity index is 482. The molecule has 72 valence electrons. The van der Waals surface area contributed by atoms with Crippen molar-refractivity contribution in [1.29, 1.82) is 0 Å². The highest BCUT2D eigenvalue weighted by atomic mass is 16.3. The first-order chi connectivity index (χ1) is 6.76. The fourth-order valence-electron chi connectivity index (χ4n) is 1.53. The summed E-state index contributed by atoms with van der Waals surface area (Å²) in [6.07, 6.45) is 0.667. The average molecular weight is 190 g/mol. The Morgan fingerprint density at radius 3 is 2.93 bits per heavy atom. The molecule has 1 heterocycles. The molecule has 14 heavy (non-hydrogen) atoms. The minimum absolute atomic E-state index is 0.0470. The zero-order valence-electron chi connectivity index (χ0n) is 7.78. The maximum atomic E-state index is 10.5. The van der Waals surface area contributed by atoms with Crippen molar-refractivity contribution in [2.45, 2.75) is 13.5 Å². The molecule has 1 N–H and O–H groups in total. The molecule has 0 spiro atoms. The molecule has 0 bridgehead atoms. The van der Waals surface area contributed by atoms with Crippen molar-refractivity contribution in [3.8, 4) is 0 Å². The predicted octanol–water partition coefficient (Wildman–Crippen LogP) is 2.05. The van der Waals surface area contributed by atoms with E-state index >= 15 is 0 Å². The standard InChI is InChI=1S/C11H10O3/c1-7-2-3-8(5-12)10-4-9(6-13)14-11(7)10/h2-4,6,12H,5H2,1H3. The van der Waals surface area contributed by atoms with Gasteiger partial charge in [0.05, 0.1) is 6.61 Å². The molecule has 1 aromatic heterocycles. The van der Waals surface area contributed by atoms with E-state index in [2.05, 4.69) is 0 Å².